The van der Waals surface area contributed by atoms with E-state index < -0.39 is 0 Å². The second-order valence-corrected chi connectivity index (χ2v) is 5.37. The van der Waals surface area contributed by atoms with E-state index in [1.807, 2.05) is 68.7 Å². The van der Waals surface area contributed by atoms with Gasteiger partial charge in [-0.3, -0.25) is 0 Å². The van der Waals surface area contributed by atoms with Crippen LogP contribution in [0.15, 0.2) is 67.1 Å². The number of benzene rings is 2. The van der Waals surface area contributed by atoms with Gasteiger partial charge in [0.1, 0.15) is 0 Å². The number of hydrogen-bond donors (Lipinski definition) is 0. The van der Waals surface area contributed by atoms with Gasteiger partial charge in [0.15, 0.2) is 11.6 Å². The van der Waals surface area contributed by atoms with Crippen LogP contribution in [-0.2, 0) is 0 Å². The summed E-state index contributed by atoms with van der Waals surface area (Å²) < 4.78 is 5.76. The van der Waals surface area contributed by atoms with E-state index >= 15 is 0 Å². The summed E-state index contributed by atoms with van der Waals surface area (Å²) in [6, 6.07) is 17.4. The summed E-state index contributed by atoms with van der Waals surface area (Å²) in [6.45, 7) is 3.88. The molecule has 0 spiro atoms. The van der Waals surface area contributed by atoms with Gasteiger partial charge in [-0.15, -0.1) is 0 Å². The highest BCUT2D eigenvalue weighted by atomic mass is 16.5. The molecular formula is C20H17N3O. The zero-order valence-electron chi connectivity index (χ0n) is 13.7. The molecule has 0 radical (unpaired) electrons. The van der Waals surface area contributed by atoms with Gasteiger partial charge in [-0.1, -0.05) is 36.3 Å². The smallest absolute Gasteiger partial charge is 0.256 e. The normalized spacial score (nSPS) is 9.92. The zero-order valence-corrected chi connectivity index (χ0v) is 13.7. The summed E-state index contributed by atoms with van der Waals surface area (Å²) in [4.78, 5) is 10.9. The molecule has 0 bridgehead atoms. The molecule has 0 aliphatic heterocycles. The van der Waals surface area contributed by atoms with Crippen molar-refractivity contribution in [3.63, 3.8) is 0 Å². The molecule has 4 nitrogen and oxygen atoms in total. The van der Waals surface area contributed by atoms with Crippen molar-refractivity contribution < 1.29 is 4.74 Å². The number of fused-ring (bicyclic) bond motifs is 1. The van der Waals surface area contributed by atoms with E-state index in [-0.39, 0.29) is 0 Å². The Labute approximate surface area is 141 Å². The summed E-state index contributed by atoms with van der Waals surface area (Å²) in [5.74, 6) is 6.98. The minimum Gasteiger partial charge on any atom is -0.420 e. The van der Waals surface area contributed by atoms with E-state index in [4.69, 9.17) is 4.74 Å². The van der Waals surface area contributed by atoms with Gasteiger partial charge in [0.25, 0.3) is 5.88 Å². The fraction of sp³-hybridized carbons (Fsp3) is 0.100. The Hall–Kier alpha value is -3.32. The maximum absolute atomic E-state index is 5.76. The van der Waals surface area contributed by atoms with E-state index in [9.17, 15) is 0 Å². The van der Waals surface area contributed by atoms with Crippen LogP contribution < -0.4 is 4.74 Å². The molecule has 0 saturated carbocycles. The van der Waals surface area contributed by atoms with Crippen molar-refractivity contribution in [2.45, 2.75) is 0 Å². The van der Waals surface area contributed by atoms with Crippen LogP contribution >= 0.6 is 0 Å². The highest BCUT2D eigenvalue weighted by Gasteiger charge is 2.11. The van der Waals surface area contributed by atoms with E-state index in [1.165, 1.54) is 0 Å². The van der Waals surface area contributed by atoms with Crippen LogP contribution in [0.3, 0.4) is 0 Å². The second-order valence-electron chi connectivity index (χ2n) is 5.37. The van der Waals surface area contributed by atoms with Crippen LogP contribution in [0, 0.1) is 11.8 Å². The molecule has 0 atom stereocenters. The van der Waals surface area contributed by atoms with Crippen molar-refractivity contribution in [3.05, 3.63) is 78.3 Å². The van der Waals surface area contributed by atoms with Gasteiger partial charge in [-0.25, -0.2) is 9.97 Å². The lowest BCUT2D eigenvalue weighted by Gasteiger charge is -2.16. The van der Waals surface area contributed by atoms with Crippen LogP contribution in [0.2, 0.25) is 0 Å². The van der Waals surface area contributed by atoms with Crippen LogP contribution in [0.4, 0.5) is 0 Å². The fourth-order valence-corrected chi connectivity index (χ4v) is 1.99. The number of rotatable bonds is 3. The Balaban J connectivity index is 2.06. The highest BCUT2D eigenvalue weighted by molar-refractivity contribution is 5.75. The Bertz CT molecular complexity index is 937. The molecule has 0 aliphatic carbocycles. The molecule has 1 heterocycles. The molecule has 0 fully saturated rings. The molecule has 118 valence electrons. The number of para-hydroxylation sites is 2. The fourth-order valence-electron chi connectivity index (χ4n) is 1.99. The van der Waals surface area contributed by atoms with Crippen LogP contribution in [0.5, 0.6) is 5.88 Å². The van der Waals surface area contributed by atoms with Gasteiger partial charge in [-0.05, 0) is 36.8 Å². The van der Waals surface area contributed by atoms with Crippen molar-refractivity contribution in [3.8, 4) is 17.7 Å². The molecule has 4 heteroatoms. The molecule has 0 N–H and O–H groups in total. The Kier molecular flexibility index (Phi) is 4.44. The second kappa shape index (κ2) is 6.84. The van der Waals surface area contributed by atoms with Crippen LogP contribution in [0.1, 0.15) is 11.3 Å². The number of ether oxygens (including phenoxy) is 1. The quantitative estimate of drug-likeness (QED) is 0.548. The van der Waals surface area contributed by atoms with Crippen molar-refractivity contribution in [2.75, 3.05) is 14.1 Å². The molecular weight excluding hydrogens is 298 g/mol. The van der Waals surface area contributed by atoms with E-state index in [0.717, 1.165) is 16.6 Å². The predicted molar refractivity (Wildman–Crippen MR) is 95.4 cm³/mol. The van der Waals surface area contributed by atoms with E-state index in [2.05, 4.69) is 28.4 Å². The third-order valence-electron chi connectivity index (χ3n) is 3.35. The van der Waals surface area contributed by atoms with Gasteiger partial charge in [0, 0.05) is 19.7 Å². The first-order valence-corrected chi connectivity index (χ1v) is 7.51. The topological polar surface area (TPSA) is 38.3 Å². The number of nitrogens with zero attached hydrogens (tertiary/aromatic N) is 3. The predicted octanol–water partition coefficient (Wildman–Crippen LogP) is 3.44. The maximum Gasteiger partial charge on any atom is 0.256 e. The molecule has 1 aromatic heterocycles. The Morgan fingerprint density at radius 2 is 1.54 bits per heavy atom. The molecule has 2 aromatic carbocycles. The average molecular weight is 315 g/mol. The number of hydrogen-bond acceptors (Lipinski definition) is 4. The van der Waals surface area contributed by atoms with E-state index in [1.54, 1.807) is 4.90 Å². The summed E-state index contributed by atoms with van der Waals surface area (Å²) >= 11 is 0. The van der Waals surface area contributed by atoms with E-state index in [0.29, 0.717) is 17.5 Å². The zero-order chi connectivity index (χ0) is 16.9. The summed E-state index contributed by atoms with van der Waals surface area (Å²) in [6.07, 6.45) is 0. The third-order valence-corrected chi connectivity index (χ3v) is 3.35. The van der Waals surface area contributed by atoms with Crippen molar-refractivity contribution >= 4 is 11.0 Å². The lowest BCUT2D eigenvalue weighted by Crippen LogP contribution is -2.16. The largest absolute Gasteiger partial charge is 0.420 e. The van der Waals surface area contributed by atoms with Crippen molar-refractivity contribution in [1.82, 2.24) is 14.9 Å². The molecule has 0 amide bonds. The number of aromatic nitrogens is 2. The lowest BCUT2D eigenvalue weighted by molar-refractivity contribution is 0.275. The van der Waals surface area contributed by atoms with Gasteiger partial charge < -0.3 is 9.64 Å². The molecule has 0 unspecified atom stereocenters. The van der Waals surface area contributed by atoms with Crippen LogP contribution in [-0.4, -0.2) is 29.0 Å². The third kappa shape index (κ3) is 3.53. The monoisotopic (exact) mass is 315 g/mol. The SMILES string of the molecule is C=C(Oc1nc2ccccc2nc1C#Cc1ccccc1)N(C)C. The first-order chi connectivity index (χ1) is 11.6. The lowest BCUT2D eigenvalue weighted by atomic mass is 10.2. The summed E-state index contributed by atoms with van der Waals surface area (Å²) in [5.41, 5.74) is 2.92. The highest BCUT2D eigenvalue weighted by Crippen LogP contribution is 2.20. The molecule has 24 heavy (non-hydrogen) atoms. The Morgan fingerprint density at radius 1 is 0.917 bits per heavy atom. The summed E-state index contributed by atoms with van der Waals surface area (Å²) in [7, 11) is 3.71. The first kappa shape index (κ1) is 15.6. The molecule has 3 aromatic rings. The molecule has 3 rings (SSSR count). The minimum absolute atomic E-state index is 0.357. The maximum atomic E-state index is 5.76. The van der Waals surface area contributed by atoms with Gasteiger partial charge in [-0.2, -0.15) is 0 Å². The van der Waals surface area contributed by atoms with Gasteiger partial charge in [0.05, 0.1) is 11.0 Å². The minimum atomic E-state index is 0.357. The average Bonchev–Trinajstić information content (AvgIpc) is 2.60. The molecule has 0 saturated heterocycles. The summed E-state index contributed by atoms with van der Waals surface area (Å²) in [5, 5.41) is 0. The van der Waals surface area contributed by atoms with Gasteiger partial charge >= 0.3 is 0 Å². The van der Waals surface area contributed by atoms with Crippen molar-refractivity contribution in [1.29, 1.82) is 0 Å². The van der Waals surface area contributed by atoms with Crippen molar-refractivity contribution in [2.24, 2.45) is 0 Å². The standard InChI is InChI=1S/C20H17N3O/c1-15(23(2)3)24-20-19(14-13-16-9-5-4-6-10-16)21-17-11-7-8-12-18(17)22-20/h4-12H,1H2,2-3H3. The first-order valence-electron chi connectivity index (χ1n) is 7.51. The Morgan fingerprint density at radius 3 is 2.21 bits per heavy atom. The molecule has 0 aliphatic rings. The van der Waals surface area contributed by atoms with Gasteiger partial charge in [0.2, 0.25) is 0 Å². The van der Waals surface area contributed by atoms with Crippen LogP contribution in [0.25, 0.3) is 11.0 Å².